The number of ether oxygens (including phenoxy) is 1. The molecule has 7 nitrogen and oxygen atoms in total. The Morgan fingerprint density at radius 1 is 1.25 bits per heavy atom. The summed E-state index contributed by atoms with van der Waals surface area (Å²) in [6.45, 7) is 1.97. The molecular weight excluding hydrogens is 377 g/mol. The zero-order valence-electron chi connectivity index (χ0n) is 15.3. The van der Waals surface area contributed by atoms with Gasteiger partial charge in [-0.3, -0.25) is 14.5 Å². The van der Waals surface area contributed by atoms with Crippen LogP contribution in [-0.4, -0.2) is 34.6 Å². The van der Waals surface area contributed by atoms with Crippen molar-refractivity contribution in [3.63, 3.8) is 0 Å². The Hall–Kier alpha value is -3.17. The van der Waals surface area contributed by atoms with Crippen molar-refractivity contribution in [3.05, 3.63) is 47.3 Å². The van der Waals surface area contributed by atoms with Crippen molar-refractivity contribution in [2.24, 2.45) is 5.73 Å². The highest BCUT2D eigenvalue weighted by atomic mass is 19.4. The highest BCUT2D eigenvalue weighted by Crippen LogP contribution is 2.22. The number of alkyl halides is 3. The fraction of sp³-hybridized carbons (Fsp3) is 0.333. The standard InChI is InChI=1S/C18H19F3N4O3/c1-3-16(26)25(14-7-12(17(22)27)4-5-23-14)9-13-8-24-15(6-11(13)2)28-10-18(19,20)21/h4-8H,3,9-10H2,1-2H3,(H2,22,27). The van der Waals surface area contributed by atoms with E-state index in [-0.39, 0.29) is 36.1 Å². The minimum absolute atomic E-state index is 0.0697. The van der Waals surface area contributed by atoms with Crippen LogP contribution in [0.1, 0.15) is 34.8 Å². The van der Waals surface area contributed by atoms with Gasteiger partial charge >= 0.3 is 6.18 Å². The van der Waals surface area contributed by atoms with Crippen LogP contribution < -0.4 is 15.4 Å². The Morgan fingerprint density at radius 3 is 2.54 bits per heavy atom. The number of primary amides is 1. The van der Waals surface area contributed by atoms with Crippen molar-refractivity contribution in [2.45, 2.75) is 33.0 Å². The van der Waals surface area contributed by atoms with E-state index in [0.29, 0.717) is 11.1 Å². The Balaban J connectivity index is 2.27. The molecule has 2 N–H and O–H groups in total. The smallest absolute Gasteiger partial charge is 0.422 e. The summed E-state index contributed by atoms with van der Waals surface area (Å²) >= 11 is 0. The van der Waals surface area contributed by atoms with Gasteiger partial charge in [0, 0.05) is 30.4 Å². The van der Waals surface area contributed by atoms with Crippen LogP contribution in [0.25, 0.3) is 0 Å². The first-order valence-electron chi connectivity index (χ1n) is 8.32. The van der Waals surface area contributed by atoms with E-state index >= 15 is 0 Å². The summed E-state index contributed by atoms with van der Waals surface area (Å²) in [7, 11) is 0. The number of carbonyl (C=O) groups excluding carboxylic acids is 2. The highest BCUT2D eigenvalue weighted by molar-refractivity contribution is 5.96. The molecule has 0 aliphatic rings. The van der Waals surface area contributed by atoms with Crippen molar-refractivity contribution >= 4 is 17.6 Å². The number of halogens is 3. The molecule has 10 heteroatoms. The average molecular weight is 396 g/mol. The van der Waals surface area contributed by atoms with E-state index in [1.807, 2.05) is 0 Å². The summed E-state index contributed by atoms with van der Waals surface area (Å²) in [6, 6.07) is 4.20. The van der Waals surface area contributed by atoms with Crippen molar-refractivity contribution in [2.75, 3.05) is 11.5 Å². The van der Waals surface area contributed by atoms with Crippen molar-refractivity contribution in [1.29, 1.82) is 0 Å². The molecular formula is C18H19F3N4O3. The van der Waals surface area contributed by atoms with Crippen molar-refractivity contribution in [1.82, 2.24) is 9.97 Å². The number of hydrogen-bond acceptors (Lipinski definition) is 5. The van der Waals surface area contributed by atoms with Gasteiger partial charge in [-0.05, 0) is 30.2 Å². The third kappa shape index (κ3) is 5.66. The van der Waals surface area contributed by atoms with E-state index in [9.17, 15) is 22.8 Å². The molecule has 0 saturated heterocycles. The molecule has 28 heavy (non-hydrogen) atoms. The monoisotopic (exact) mass is 396 g/mol. The van der Waals surface area contributed by atoms with Crippen LogP contribution in [-0.2, 0) is 11.3 Å². The number of hydrogen-bond donors (Lipinski definition) is 1. The van der Waals surface area contributed by atoms with Gasteiger partial charge in [-0.15, -0.1) is 0 Å². The Morgan fingerprint density at radius 2 is 1.96 bits per heavy atom. The Kier molecular flexibility index (Phi) is 6.55. The van der Waals surface area contributed by atoms with Crippen molar-refractivity contribution < 1.29 is 27.5 Å². The van der Waals surface area contributed by atoms with Crippen LogP contribution in [0.5, 0.6) is 5.88 Å². The predicted molar refractivity (Wildman–Crippen MR) is 94.8 cm³/mol. The summed E-state index contributed by atoms with van der Waals surface area (Å²) in [5, 5.41) is 0. The van der Waals surface area contributed by atoms with E-state index in [1.54, 1.807) is 13.8 Å². The molecule has 2 amide bonds. The third-order valence-electron chi connectivity index (χ3n) is 3.82. The maximum absolute atomic E-state index is 12.4. The molecule has 0 spiro atoms. The summed E-state index contributed by atoms with van der Waals surface area (Å²) in [5.74, 6) is -0.844. The van der Waals surface area contributed by atoms with Gasteiger partial charge in [-0.1, -0.05) is 6.92 Å². The Bertz CT molecular complexity index is 871. The fourth-order valence-electron chi connectivity index (χ4n) is 2.34. The molecule has 0 aliphatic carbocycles. The third-order valence-corrected chi connectivity index (χ3v) is 3.82. The molecule has 150 valence electrons. The molecule has 2 rings (SSSR count). The van der Waals surface area contributed by atoms with Gasteiger partial charge in [0.2, 0.25) is 17.7 Å². The summed E-state index contributed by atoms with van der Waals surface area (Å²) in [6.07, 6.45) is -1.57. The van der Waals surface area contributed by atoms with E-state index in [2.05, 4.69) is 14.7 Å². The molecule has 2 aromatic rings. The minimum Gasteiger partial charge on any atom is -0.468 e. The molecule has 0 aliphatic heterocycles. The molecule has 2 aromatic heterocycles. The van der Waals surface area contributed by atoms with E-state index < -0.39 is 18.7 Å². The number of aryl methyl sites for hydroxylation is 1. The number of pyridine rings is 2. The lowest BCUT2D eigenvalue weighted by molar-refractivity contribution is -0.154. The zero-order valence-corrected chi connectivity index (χ0v) is 15.3. The maximum Gasteiger partial charge on any atom is 0.422 e. The van der Waals surface area contributed by atoms with Crippen LogP contribution in [0.4, 0.5) is 19.0 Å². The molecule has 0 radical (unpaired) electrons. The molecule has 0 bridgehead atoms. The van der Waals surface area contributed by atoms with Gasteiger partial charge in [0.15, 0.2) is 6.61 Å². The largest absolute Gasteiger partial charge is 0.468 e. The number of aromatic nitrogens is 2. The lowest BCUT2D eigenvalue weighted by Gasteiger charge is -2.22. The van der Waals surface area contributed by atoms with Gasteiger partial charge < -0.3 is 10.5 Å². The molecule has 0 unspecified atom stereocenters. The second-order valence-corrected chi connectivity index (χ2v) is 5.95. The quantitative estimate of drug-likeness (QED) is 0.776. The van der Waals surface area contributed by atoms with Crippen LogP contribution in [0, 0.1) is 6.92 Å². The van der Waals surface area contributed by atoms with Crippen LogP contribution in [0.15, 0.2) is 30.6 Å². The Labute approximate surface area is 159 Å². The predicted octanol–water partition coefficient (Wildman–Crippen LogP) is 2.77. The molecule has 0 fully saturated rings. The van der Waals surface area contributed by atoms with E-state index in [4.69, 9.17) is 5.73 Å². The molecule has 0 aromatic carbocycles. The number of anilines is 1. The van der Waals surface area contributed by atoms with E-state index in [0.717, 1.165) is 0 Å². The number of carbonyl (C=O) groups is 2. The van der Waals surface area contributed by atoms with Gasteiger partial charge in [0.05, 0.1) is 6.54 Å². The first-order valence-corrected chi connectivity index (χ1v) is 8.32. The maximum atomic E-state index is 12.4. The normalized spacial score (nSPS) is 11.2. The van der Waals surface area contributed by atoms with E-state index in [1.165, 1.54) is 35.5 Å². The average Bonchev–Trinajstić information content (AvgIpc) is 2.64. The topological polar surface area (TPSA) is 98.4 Å². The van der Waals surface area contributed by atoms with Gasteiger partial charge in [-0.25, -0.2) is 9.97 Å². The highest BCUT2D eigenvalue weighted by Gasteiger charge is 2.28. The minimum atomic E-state index is -4.46. The molecule has 0 atom stereocenters. The van der Waals surface area contributed by atoms with Gasteiger partial charge in [0.1, 0.15) is 5.82 Å². The number of nitrogens with two attached hydrogens (primary N) is 1. The number of amides is 2. The summed E-state index contributed by atoms with van der Waals surface area (Å²) < 4.78 is 41.4. The first kappa shape index (κ1) is 21.1. The van der Waals surface area contributed by atoms with Crippen LogP contribution >= 0.6 is 0 Å². The van der Waals surface area contributed by atoms with Gasteiger partial charge in [0.25, 0.3) is 0 Å². The molecule has 0 saturated carbocycles. The summed E-state index contributed by atoms with van der Waals surface area (Å²) in [4.78, 5) is 33.1. The second-order valence-electron chi connectivity index (χ2n) is 5.95. The number of nitrogens with zero attached hydrogens (tertiary/aromatic N) is 3. The second kappa shape index (κ2) is 8.68. The first-order chi connectivity index (χ1) is 13.1. The van der Waals surface area contributed by atoms with Crippen LogP contribution in [0.3, 0.4) is 0 Å². The van der Waals surface area contributed by atoms with Gasteiger partial charge in [-0.2, -0.15) is 13.2 Å². The lowest BCUT2D eigenvalue weighted by Crippen LogP contribution is -2.31. The number of rotatable bonds is 7. The SMILES string of the molecule is CCC(=O)N(Cc1cnc(OCC(F)(F)F)cc1C)c1cc(C(N)=O)ccn1. The fourth-order valence-corrected chi connectivity index (χ4v) is 2.34. The zero-order chi connectivity index (χ0) is 20.9. The van der Waals surface area contributed by atoms with Crippen LogP contribution in [0.2, 0.25) is 0 Å². The summed E-state index contributed by atoms with van der Waals surface area (Å²) in [5.41, 5.74) is 6.65. The molecule has 2 heterocycles. The lowest BCUT2D eigenvalue weighted by atomic mass is 10.1. The van der Waals surface area contributed by atoms with Crippen molar-refractivity contribution in [3.8, 4) is 5.88 Å².